The molecule has 0 unspecified atom stereocenters. The highest BCUT2D eigenvalue weighted by atomic mass is 35.5. The third kappa shape index (κ3) is 3.30. The van der Waals surface area contributed by atoms with E-state index in [-0.39, 0.29) is 17.2 Å². The van der Waals surface area contributed by atoms with Gasteiger partial charge in [-0.2, -0.15) is 0 Å². The summed E-state index contributed by atoms with van der Waals surface area (Å²) in [5.74, 6) is 0.692. The molecule has 0 spiro atoms. The molecule has 0 bridgehead atoms. The van der Waals surface area contributed by atoms with Gasteiger partial charge in [-0.15, -0.1) is 0 Å². The number of sulfonamides is 1. The van der Waals surface area contributed by atoms with Crippen molar-refractivity contribution in [2.45, 2.75) is 18.4 Å². The smallest absolute Gasteiger partial charge is 0.244 e. The number of hydrogen-bond donors (Lipinski definition) is 1. The molecule has 20 heavy (non-hydrogen) atoms. The molecule has 0 radical (unpaired) electrons. The Morgan fingerprint density at radius 3 is 2.80 bits per heavy atom. The van der Waals surface area contributed by atoms with Crippen molar-refractivity contribution in [1.29, 1.82) is 0 Å². The quantitative estimate of drug-likeness (QED) is 0.913. The first-order chi connectivity index (χ1) is 9.42. The van der Waals surface area contributed by atoms with E-state index >= 15 is 0 Å². The Hall–Kier alpha value is -1.57. The largest absolute Gasteiger partial charge is 0.495 e. The molecule has 0 amide bonds. The minimum Gasteiger partial charge on any atom is -0.495 e. The molecule has 1 heterocycles. The van der Waals surface area contributed by atoms with Crippen molar-refractivity contribution < 1.29 is 17.6 Å². The fourth-order valence-corrected chi connectivity index (χ4v) is 3.03. The molecular formula is C12H13ClN2O4S. The molecule has 1 N–H and O–H groups in total. The van der Waals surface area contributed by atoms with Gasteiger partial charge in [-0.3, -0.25) is 0 Å². The summed E-state index contributed by atoms with van der Waals surface area (Å²) in [6.45, 7) is 1.70. The topological polar surface area (TPSA) is 81.4 Å². The van der Waals surface area contributed by atoms with E-state index in [1.807, 2.05) is 0 Å². The van der Waals surface area contributed by atoms with Crippen LogP contribution < -0.4 is 9.46 Å². The number of halogens is 1. The lowest BCUT2D eigenvalue weighted by molar-refractivity contribution is 0.402. The number of oxazole rings is 1. The lowest BCUT2D eigenvalue weighted by atomic mass is 10.3. The number of nitrogens with one attached hydrogen (secondary N) is 1. The maximum absolute atomic E-state index is 12.2. The Morgan fingerprint density at radius 1 is 1.45 bits per heavy atom. The zero-order valence-electron chi connectivity index (χ0n) is 10.9. The van der Waals surface area contributed by atoms with Crippen LogP contribution in [0.25, 0.3) is 0 Å². The second kappa shape index (κ2) is 5.82. The van der Waals surface area contributed by atoms with Crippen molar-refractivity contribution in [3.63, 3.8) is 0 Å². The van der Waals surface area contributed by atoms with Gasteiger partial charge in [-0.1, -0.05) is 11.6 Å². The van der Waals surface area contributed by atoms with Crippen molar-refractivity contribution in [1.82, 2.24) is 9.71 Å². The average molecular weight is 317 g/mol. The van der Waals surface area contributed by atoms with Crippen LogP contribution >= 0.6 is 11.6 Å². The van der Waals surface area contributed by atoms with E-state index in [1.54, 1.807) is 13.0 Å². The molecule has 6 nitrogen and oxygen atoms in total. The van der Waals surface area contributed by atoms with Crippen LogP contribution in [-0.4, -0.2) is 20.5 Å². The van der Waals surface area contributed by atoms with E-state index in [4.69, 9.17) is 20.8 Å². The van der Waals surface area contributed by atoms with Gasteiger partial charge in [0.15, 0.2) is 5.89 Å². The Kier molecular flexibility index (Phi) is 4.32. The first-order valence-electron chi connectivity index (χ1n) is 5.66. The monoisotopic (exact) mass is 316 g/mol. The van der Waals surface area contributed by atoms with Crippen molar-refractivity contribution in [3.8, 4) is 5.75 Å². The van der Waals surface area contributed by atoms with Crippen LogP contribution in [0.4, 0.5) is 0 Å². The molecule has 0 saturated heterocycles. The van der Waals surface area contributed by atoms with Gasteiger partial charge in [0.25, 0.3) is 0 Å². The first kappa shape index (κ1) is 14.8. The fourth-order valence-electron chi connectivity index (χ4n) is 1.60. The summed E-state index contributed by atoms with van der Waals surface area (Å²) in [4.78, 5) is 4.00. The zero-order chi connectivity index (χ0) is 14.8. The molecule has 0 saturated carbocycles. The molecule has 108 valence electrons. The number of ether oxygens (including phenoxy) is 1. The van der Waals surface area contributed by atoms with Crippen LogP contribution in [0.5, 0.6) is 5.75 Å². The van der Waals surface area contributed by atoms with Crippen LogP contribution in [0.3, 0.4) is 0 Å². The van der Waals surface area contributed by atoms with Crippen LogP contribution in [0, 0.1) is 6.92 Å². The Balaban J connectivity index is 2.24. The molecule has 0 aliphatic carbocycles. The van der Waals surface area contributed by atoms with Crippen molar-refractivity contribution in [2.24, 2.45) is 0 Å². The van der Waals surface area contributed by atoms with Gasteiger partial charge in [0, 0.05) is 11.9 Å². The van der Waals surface area contributed by atoms with Crippen molar-refractivity contribution in [2.75, 3.05) is 7.11 Å². The standard InChI is InChI=1S/C12H13ClN2O4S/c1-8-15-10(7-19-8)6-14-20(16,17)12-5-9(13)3-4-11(12)18-2/h3-5,7,14H,6H2,1-2H3. The SMILES string of the molecule is COc1ccc(Cl)cc1S(=O)(=O)NCc1coc(C)n1. The van der Waals surface area contributed by atoms with Crippen LogP contribution in [0.15, 0.2) is 33.8 Å². The molecule has 0 aliphatic heterocycles. The summed E-state index contributed by atoms with van der Waals surface area (Å²) in [5, 5.41) is 0.309. The summed E-state index contributed by atoms with van der Waals surface area (Å²) in [6, 6.07) is 4.38. The second-order valence-electron chi connectivity index (χ2n) is 3.98. The van der Waals surface area contributed by atoms with Crippen molar-refractivity contribution in [3.05, 3.63) is 41.1 Å². The van der Waals surface area contributed by atoms with E-state index in [9.17, 15) is 8.42 Å². The summed E-state index contributed by atoms with van der Waals surface area (Å²) in [5.41, 5.74) is 0.493. The maximum Gasteiger partial charge on any atom is 0.244 e. The number of hydrogen-bond acceptors (Lipinski definition) is 5. The van der Waals surface area contributed by atoms with Crippen molar-refractivity contribution >= 4 is 21.6 Å². The van der Waals surface area contributed by atoms with Gasteiger partial charge in [-0.05, 0) is 18.2 Å². The Labute approximate surface area is 121 Å². The predicted octanol–water partition coefficient (Wildman–Crippen LogP) is 2.12. The first-order valence-corrected chi connectivity index (χ1v) is 7.52. The maximum atomic E-state index is 12.2. The molecule has 0 aliphatic rings. The van der Waals surface area contributed by atoms with Gasteiger partial charge >= 0.3 is 0 Å². The lowest BCUT2D eigenvalue weighted by Crippen LogP contribution is -2.24. The zero-order valence-corrected chi connectivity index (χ0v) is 12.5. The molecule has 8 heteroatoms. The minimum absolute atomic E-state index is 0.0206. The second-order valence-corrected chi connectivity index (χ2v) is 6.15. The Bertz CT molecular complexity index is 712. The number of nitrogens with zero attached hydrogens (tertiary/aromatic N) is 1. The van der Waals surface area contributed by atoms with E-state index < -0.39 is 10.0 Å². The van der Waals surface area contributed by atoms with Gasteiger partial charge < -0.3 is 9.15 Å². The van der Waals surface area contributed by atoms with Gasteiger partial charge in [0.2, 0.25) is 10.0 Å². The average Bonchev–Trinajstić information content (AvgIpc) is 2.82. The number of rotatable bonds is 5. The normalized spacial score (nSPS) is 11.6. The molecule has 1 aromatic carbocycles. The third-order valence-electron chi connectivity index (χ3n) is 2.53. The number of benzene rings is 1. The van der Waals surface area contributed by atoms with E-state index in [2.05, 4.69) is 9.71 Å². The van der Waals surface area contributed by atoms with Gasteiger partial charge in [-0.25, -0.2) is 18.1 Å². The Morgan fingerprint density at radius 2 is 2.20 bits per heavy atom. The molecule has 1 aromatic heterocycles. The summed E-state index contributed by atoms with van der Waals surface area (Å²) < 4.78 is 36.9. The number of methoxy groups -OCH3 is 1. The highest BCUT2D eigenvalue weighted by molar-refractivity contribution is 7.89. The van der Waals surface area contributed by atoms with Gasteiger partial charge in [0.05, 0.1) is 19.3 Å². The van der Waals surface area contributed by atoms with Crippen LogP contribution in [0.1, 0.15) is 11.6 Å². The molecule has 0 fully saturated rings. The number of aryl methyl sites for hydroxylation is 1. The highest BCUT2D eigenvalue weighted by Crippen LogP contribution is 2.26. The van der Waals surface area contributed by atoms with Gasteiger partial charge in [0.1, 0.15) is 16.9 Å². The minimum atomic E-state index is -3.76. The molecular weight excluding hydrogens is 304 g/mol. The molecule has 2 aromatic rings. The van der Waals surface area contributed by atoms with E-state index in [0.717, 1.165) is 0 Å². The summed E-state index contributed by atoms with van der Waals surface area (Å²) >= 11 is 5.83. The predicted molar refractivity (Wildman–Crippen MR) is 73.3 cm³/mol. The molecule has 0 atom stereocenters. The van der Waals surface area contributed by atoms with E-state index in [0.29, 0.717) is 16.6 Å². The fraction of sp³-hybridized carbons (Fsp3) is 0.250. The lowest BCUT2D eigenvalue weighted by Gasteiger charge is -2.10. The van der Waals surface area contributed by atoms with Crippen LogP contribution in [-0.2, 0) is 16.6 Å². The van der Waals surface area contributed by atoms with Crippen LogP contribution in [0.2, 0.25) is 5.02 Å². The number of aromatic nitrogens is 1. The van der Waals surface area contributed by atoms with E-state index in [1.165, 1.54) is 25.5 Å². The summed E-state index contributed by atoms with van der Waals surface area (Å²) in [6.07, 6.45) is 1.40. The summed E-state index contributed by atoms with van der Waals surface area (Å²) in [7, 11) is -2.36. The highest BCUT2D eigenvalue weighted by Gasteiger charge is 2.20. The third-order valence-corrected chi connectivity index (χ3v) is 4.18. The molecule has 2 rings (SSSR count).